The molecule has 0 radical (unpaired) electrons. The van der Waals surface area contributed by atoms with E-state index in [1.54, 1.807) is 24.3 Å². The number of nitriles is 1. The summed E-state index contributed by atoms with van der Waals surface area (Å²) in [7, 11) is 0. The van der Waals surface area contributed by atoms with Crippen molar-refractivity contribution in [3.63, 3.8) is 0 Å². The van der Waals surface area contributed by atoms with Crippen LogP contribution in [0.2, 0.25) is 0 Å². The Morgan fingerprint density at radius 2 is 1.62 bits per heavy atom. The first kappa shape index (κ1) is 21.7. The smallest absolute Gasteiger partial charge is 0.276 e. The largest absolute Gasteiger partial charge is 0.482 e. The van der Waals surface area contributed by atoms with Gasteiger partial charge in [-0.3, -0.25) is 25.2 Å². The molecule has 0 spiro atoms. The van der Waals surface area contributed by atoms with Crippen molar-refractivity contribution in [3.05, 3.63) is 59.9 Å². The van der Waals surface area contributed by atoms with Gasteiger partial charge in [-0.2, -0.15) is 5.26 Å². The molecule has 0 fully saturated rings. The molecule has 0 aliphatic rings. The maximum absolute atomic E-state index is 12.8. The van der Waals surface area contributed by atoms with Crippen LogP contribution in [0.1, 0.15) is 5.56 Å². The van der Waals surface area contributed by atoms with Gasteiger partial charge in [0.2, 0.25) is 11.8 Å². The Balaban J connectivity index is 1.61. The fourth-order valence-electron chi connectivity index (χ4n) is 2.01. The molecular formula is C19H17FN4O4S. The first-order valence-electron chi connectivity index (χ1n) is 8.30. The highest BCUT2D eigenvalue weighted by Gasteiger charge is 2.09. The molecule has 0 unspecified atom stereocenters. The number of carbonyl (C=O) groups is 3. The van der Waals surface area contributed by atoms with E-state index in [9.17, 15) is 18.8 Å². The van der Waals surface area contributed by atoms with Crippen LogP contribution in [-0.2, 0) is 14.4 Å². The molecule has 150 valence electrons. The molecule has 8 nitrogen and oxygen atoms in total. The van der Waals surface area contributed by atoms with Gasteiger partial charge in [-0.25, -0.2) is 4.39 Å². The normalized spacial score (nSPS) is 9.79. The molecule has 0 aliphatic heterocycles. The van der Waals surface area contributed by atoms with E-state index in [2.05, 4.69) is 16.2 Å². The van der Waals surface area contributed by atoms with Crippen molar-refractivity contribution >= 4 is 35.2 Å². The number of thioether (sulfide) groups is 1. The van der Waals surface area contributed by atoms with Gasteiger partial charge in [0.15, 0.2) is 6.61 Å². The van der Waals surface area contributed by atoms with Crippen LogP contribution >= 0.6 is 11.8 Å². The molecule has 0 saturated carbocycles. The fourth-order valence-corrected chi connectivity index (χ4v) is 2.62. The van der Waals surface area contributed by atoms with E-state index in [0.717, 1.165) is 11.8 Å². The van der Waals surface area contributed by atoms with Gasteiger partial charge in [0.05, 0.1) is 17.1 Å². The summed E-state index contributed by atoms with van der Waals surface area (Å²) in [5.74, 6) is -1.65. The van der Waals surface area contributed by atoms with Gasteiger partial charge in [0, 0.05) is 5.69 Å². The summed E-state index contributed by atoms with van der Waals surface area (Å²) in [6.45, 7) is -0.383. The Kier molecular flexibility index (Phi) is 8.47. The zero-order chi connectivity index (χ0) is 21.1. The summed E-state index contributed by atoms with van der Waals surface area (Å²) in [5.41, 5.74) is 5.12. The number of hydrogen-bond donors (Lipinski definition) is 3. The third-order valence-electron chi connectivity index (χ3n) is 3.30. The lowest BCUT2D eigenvalue weighted by Crippen LogP contribution is -2.44. The van der Waals surface area contributed by atoms with Crippen LogP contribution in [0.5, 0.6) is 5.75 Å². The van der Waals surface area contributed by atoms with E-state index in [0.29, 0.717) is 11.3 Å². The van der Waals surface area contributed by atoms with Gasteiger partial charge in [-0.1, -0.05) is 12.1 Å². The van der Waals surface area contributed by atoms with E-state index in [1.165, 1.54) is 24.3 Å². The maximum atomic E-state index is 12.8. The fraction of sp³-hybridized carbons (Fsp3) is 0.158. The van der Waals surface area contributed by atoms with Crippen molar-refractivity contribution in [2.45, 2.75) is 0 Å². The van der Waals surface area contributed by atoms with Crippen molar-refractivity contribution in [1.29, 1.82) is 5.26 Å². The van der Waals surface area contributed by atoms with Crippen LogP contribution in [0, 0.1) is 17.1 Å². The highest BCUT2D eigenvalue weighted by Crippen LogP contribution is 2.16. The zero-order valence-corrected chi connectivity index (χ0v) is 15.9. The number of hydrazine groups is 1. The lowest BCUT2D eigenvalue weighted by atomic mass is 10.2. The third kappa shape index (κ3) is 7.90. The molecule has 3 N–H and O–H groups in total. The minimum Gasteiger partial charge on any atom is -0.482 e. The van der Waals surface area contributed by atoms with Crippen molar-refractivity contribution < 1.29 is 23.5 Å². The molecule has 0 atom stereocenters. The summed E-state index contributed by atoms with van der Waals surface area (Å²) >= 11 is 1.04. The minimum atomic E-state index is -0.606. The summed E-state index contributed by atoms with van der Waals surface area (Å²) in [6, 6.07) is 13.7. The van der Waals surface area contributed by atoms with E-state index < -0.39 is 17.6 Å². The molecule has 10 heteroatoms. The lowest BCUT2D eigenvalue weighted by Gasteiger charge is -2.09. The average Bonchev–Trinajstić information content (AvgIpc) is 2.72. The predicted molar refractivity (Wildman–Crippen MR) is 105 cm³/mol. The van der Waals surface area contributed by atoms with Crippen molar-refractivity contribution in [2.24, 2.45) is 0 Å². The number of nitrogens with one attached hydrogen (secondary N) is 3. The molecule has 2 rings (SSSR count). The number of halogens is 1. The van der Waals surface area contributed by atoms with Gasteiger partial charge in [-0.15, -0.1) is 11.8 Å². The second kappa shape index (κ2) is 11.3. The van der Waals surface area contributed by atoms with Gasteiger partial charge < -0.3 is 10.1 Å². The molecule has 2 aromatic rings. The number of carbonyl (C=O) groups excluding carboxylic acids is 3. The van der Waals surface area contributed by atoms with Crippen LogP contribution < -0.4 is 20.9 Å². The number of anilines is 1. The Bertz CT molecular complexity index is 915. The van der Waals surface area contributed by atoms with E-state index in [4.69, 9.17) is 10.00 Å². The minimum absolute atomic E-state index is 0.00674. The summed E-state index contributed by atoms with van der Waals surface area (Å²) in [6.07, 6.45) is 0. The van der Waals surface area contributed by atoms with Gasteiger partial charge in [0.1, 0.15) is 17.6 Å². The molecule has 29 heavy (non-hydrogen) atoms. The highest BCUT2D eigenvalue weighted by molar-refractivity contribution is 8.00. The third-order valence-corrected chi connectivity index (χ3v) is 4.23. The lowest BCUT2D eigenvalue weighted by molar-refractivity contribution is -0.128. The zero-order valence-electron chi connectivity index (χ0n) is 15.1. The monoisotopic (exact) mass is 416 g/mol. The highest BCUT2D eigenvalue weighted by atomic mass is 32.2. The Morgan fingerprint density at radius 3 is 2.34 bits per heavy atom. The SMILES string of the molecule is N#Cc1ccccc1OCC(=O)NNC(=O)CSCC(=O)Nc1ccc(F)cc1. The molecule has 0 aromatic heterocycles. The number of ether oxygens (including phenoxy) is 1. The van der Waals surface area contributed by atoms with Gasteiger partial charge in [0.25, 0.3) is 5.91 Å². The Labute approximate surface area is 170 Å². The number of benzene rings is 2. The molecule has 0 heterocycles. The van der Waals surface area contributed by atoms with Crippen LogP contribution in [0.4, 0.5) is 10.1 Å². The van der Waals surface area contributed by atoms with Crippen molar-refractivity contribution in [3.8, 4) is 11.8 Å². The van der Waals surface area contributed by atoms with E-state index in [1.807, 2.05) is 6.07 Å². The Morgan fingerprint density at radius 1 is 0.966 bits per heavy atom. The number of rotatable bonds is 8. The Hall–Kier alpha value is -3.58. The molecule has 0 saturated heterocycles. The molecule has 0 bridgehead atoms. The van der Waals surface area contributed by atoms with Gasteiger partial charge in [-0.05, 0) is 36.4 Å². The van der Waals surface area contributed by atoms with Crippen LogP contribution in [0.25, 0.3) is 0 Å². The summed E-state index contributed by atoms with van der Waals surface area (Å²) in [5, 5.41) is 11.5. The molecule has 0 aliphatic carbocycles. The molecule has 3 amide bonds. The first-order chi connectivity index (χ1) is 14.0. The molecule has 2 aromatic carbocycles. The predicted octanol–water partition coefficient (Wildman–Crippen LogP) is 1.60. The van der Waals surface area contributed by atoms with Crippen LogP contribution in [0.3, 0.4) is 0 Å². The van der Waals surface area contributed by atoms with Crippen molar-refractivity contribution in [1.82, 2.24) is 10.9 Å². The second-order valence-electron chi connectivity index (χ2n) is 5.54. The van der Waals surface area contributed by atoms with Crippen LogP contribution in [0.15, 0.2) is 48.5 Å². The molecular weight excluding hydrogens is 399 g/mol. The topological polar surface area (TPSA) is 120 Å². The van der Waals surface area contributed by atoms with E-state index in [-0.39, 0.29) is 29.8 Å². The van der Waals surface area contributed by atoms with Gasteiger partial charge >= 0.3 is 0 Å². The van der Waals surface area contributed by atoms with Crippen LogP contribution in [-0.4, -0.2) is 35.8 Å². The standard InChI is InChI=1S/C19H17FN4O4S/c20-14-5-7-15(8-6-14)22-18(26)11-29-12-19(27)24-23-17(25)10-28-16-4-2-1-3-13(16)9-21/h1-8H,10-12H2,(H,22,26)(H,23,25)(H,24,27). The number of para-hydroxylation sites is 1. The quantitative estimate of drug-likeness (QED) is 0.562. The second-order valence-corrected chi connectivity index (χ2v) is 6.53. The maximum Gasteiger partial charge on any atom is 0.276 e. The summed E-state index contributed by atoms with van der Waals surface area (Å²) < 4.78 is 18.0. The van der Waals surface area contributed by atoms with E-state index >= 15 is 0 Å². The summed E-state index contributed by atoms with van der Waals surface area (Å²) in [4.78, 5) is 35.1. The number of amides is 3. The first-order valence-corrected chi connectivity index (χ1v) is 9.46. The number of nitrogens with zero attached hydrogens (tertiary/aromatic N) is 1. The number of hydrogen-bond acceptors (Lipinski definition) is 6. The average molecular weight is 416 g/mol. The van der Waals surface area contributed by atoms with Crippen molar-refractivity contribution in [2.75, 3.05) is 23.4 Å².